The van der Waals surface area contributed by atoms with Crippen LogP contribution in [0.2, 0.25) is 0 Å². The topological polar surface area (TPSA) is 52.0 Å². The number of nitrogens with zero attached hydrogens (tertiary/aromatic N) is 4. The first-order valence-corrected chi connectivity index (χ1v) is 17.5. The molecule has 1 heterocycles. The molecule has 0 spiro atoms. The number of rotatable bonds is 20. The highest BCUT2D eigenvalue weighted by Gasteiger charge is 2.34. The van der Waals surface area contributed by atoms with E-state index >= 15 is 0 Å². The first kappa shape index (κ1) is 38.0. The van der Waals surface area contributed by atoms with Gasteiger partial charge in [-0.05, 0) is 87.9 Å². The summed E-state index contributed by atoms with van der Waals surface area (Å²) in [6, 6.07) is 13.6. The maximum Gasteiger partial charge on any atom is 0.419 e. The van der Waals surface area contributed by atoms with Crippen LogP contribution in [0.3, 0.4) is 0 Å². The van der Waals surface area contributed by atoms with Crippen LogP contribution in [-0.2, 0) is 12.7 Å². The third-order valence-electron chi connectivity index (χ3n) is 8.67. The minimum absolute atomic E-state index is 0.107. The molecule has 4 aromatic rings. The summed E-state index contributed by atoms with van der Waals surface area (Å²) in [5.41, 5.74) is 1.10. The fourth-order valence-electron chi connectivity index (χ4n) is 5.74. The number of aryl methyl sites for hydroxylation is 1. The van der Waals surface area contributed by atoms with Gasteiger partial charge in [0.25, 0.3) is 0 Å². The molecule has 0 amide bonds. The molecule has 0 aliphatic rings. The molecule has 0 aliphatic carbocycles. The minimum atomic E-state index is -4.82. The van der Waals surface area contributed by atoms with Crippen molar-refractivity contribution in [2.45, 2.75) is 73.0 Å². The molecular weight excluding hydrogens is 636 g/mol. The van der Waals surface area contributed by atoms with E-state index in [1.807, 2.05) is 24.3 Å². The smallest absolute Gasteiger partial charge is 0.419 e. The van der Waals surface area contributed by atoms with Crippen molar-refractivity contribution in [3.05, 3.63) is 66.0 Å². The van der Waals surface area contributed by atoms with Crippen molar-refractivity contribution >= 4 is 11.0 Å². The zero-order valence-electron chi connectivity index (χ0n) is 29.4. The number of unbranched alkanes of at least 4 members (excludes halogenated alkanes) is 1. The van der Waals surface area contributed by atoms with Gasteiger partial charge in [0.2, 0.25) is 0 Å². The lowest BCUT2D eigenvalue weighted by Gasteiger charge is -2.18. The van der Waals surface area contributed by atoms with Gasteiger partial charge in [0, 0.05) is 37.3 Å². The van der Waals surface area contributed by atoms with Crippen LogP contribution in [0.25, 0.3) is 22.4 Å². The summed E-state index contributed by atoms with van der Waals surface area (Å²) in [6.07, 6.45) is -1.12. The Bertz CT molecular complexity index is 1600. The molecular formula is C38H50F4N4O3. The Morgan fingerprint density at radius 1 is 0.714 bits per heavy atom. The predicted molar refractivity (Wildman–Crippen MR) is 187 cm³/mol. The van der Waals surface area contributed by atoms with Gasteiger partial charge in [-0.2, -0.15) is 13.2 Å². The summed E-state index contributed by atoms with van der Waals surface area (Å²) in [4.78, 5) is 9.82. The van der Waals surface area contributed by atoms with Crippen molar-refractivity contribution in [3.8, 4) is 34.4 Å². The normalized spacial score (nSPS) is 12.0. The summed E-state index contributed by atoms with van der Waals surface area (Å²) in [5.74, 6) is 1.01. The second-order valence-corrected chi connectivity index (χ2v) is 12.0. The standard InChI is InChI=1S/C38H50F4N4O3/c1-6-11-22-46-34-26-31(47-23-12-20-44(7-2)8-3)27-35(48-24-13-21-45(9-4)10-5)36(34)43-37(46)28-14-16-29(17-15-28)49-30-18-19-33(39)32(25-30)38(40,41)42/h14-19,25-27H,6-13,20-24H2,1-5H3. The molecule has 11 heteroatoms. The van der Waals surface area contributed by atoms with Crippen LogP contribution >= 0.6 is 0 Å². The number of hydrogen-bond donors (Lipinski definition) is 0. The van der Waals surface area contributed by atoms with Crippen molar-refractivity contribution in [3.63, 3.8) is 0 Å². The zero-order chi connectivity index (χ0) is 35.4. The van der Waals surface area contributed by atoms with Gasteiger partial charge in [0.1, 0.15) is 34.4 Å². The van der Waals surface area contributed by atoms with Crippen molar-refractivity contribution in [1.82, 2.24) is 19.4 Å². The number of imidazole rings is 1. The fraction of sp³-hybridized carbons (Fsp3) is 0.500. The fourth-order valence-corrected chi connectivity index (χ4v) is 5.74. The SMILES string of the molecule is CCCCn1c(-c2ccc(Oc3ccc(F)c(C(F)(F)F)c3)cc2)nc2c(OCCCN(CC)CC)cc(OCCCN(CC)CC)cc21. The Kier molecular flexibility index (Phi) is 14.1. The number of ether oxygens (including phenoxy) is 3. The van der Waals surface area contributed by atoms with E-state index in [2.05, 4.69) is 49.0 Å². The van der Waals surface area contributed by atoms with Crippen molar-refractivity contribution in [2.24, 2.45) is 0 Å². The van der Waals surface area contributed by atoms with E-state index in [4.69, 9.17) is 19.2 Å². The molecule has 4 rings (SSSR count). The number of fused-ring (bicyclic) bond motifs is 1. The number of alkyl halides is 3. The van der Waals surface area contributed by atoms with Crippen LogP contribution < -0.4 is 14.2 Å². The Labute approximate surface area is 287 Å². The van der Waals surface area contributed by atoms with E-state index in [9.17, 15) is 17.6 Å². The van der Waals surface area contributed by atoms with Gasteiger partial charge in [-0.3, -0.25) is 0 Å². The van der Waals surface area contributed by atoms with Crippen molar-refractivity contribution in [2.75, 3.05) is 52.5 Å². The molecule has 3 aromatic carbocycles. The predicted octanol–water partition coefficient (Wildman–Crippen LogP) is 9.67. The highest BCUT2D eigenvalue weighted by molar-refractivity contribution is 5.87. The summed E-state index contributed by atoms with van der Waals surface area (Å²) in [5, 5.41) is 0. The maximum atomic E-state index is 13.8. The molecule has 0 N–H and O–H groups in total. The second kappa shape index (κ2) is 18.2. The van der Waals surface area contributed by atoms with E-state index in [0.717, 1.165) is 106 Å². The molecule has 0 bridgehead atoms. The Morgan fingerprint density at radius 2 is 1.33 bits per heavy atom. The highest BCUT2D eigenvalue weighted by atomic mass is 19.4. The van der Waals surface area contributed by atoms with Gasteiger partial charge in [-0.15, -0.1) is 0 Å². The van der Waals surface area contributed by atoms with E-state index in [0.29, 0.717) is 30.8 Å². The highest BCUT2D eigenvalue weighted by Crippen LogP contribution is 2.37. The first-order valence-electron chi connectivity index (χ1n) is 17.5. The van der Waals surface area contributed by atoms with E-state index in [1.165, 1.54) is 6.07 Å². The molecule has 268 valence electrons. The lowest BCUT2D eigenvalue weighted by atomic mass is 10.2. The molecule has 1 aromatic heterocycles. The third-order valence-corrected chi connectivity index (χ3v) is 8.67. The molecule has 0 unspecified atom stereocenters. The monoisotopic (exact) mass is 686 g/mol. The van der Waals surface area contributed by atoms with Crippen molar-refractivity contribution < 1.29 is 31.8 Å². The Morgan fingerprint density at radius 3 is 1.92 bits per heavy atom. The van der Waals surface area contributed by atoms with Gasteiger partial charge in [-0.25, -0.2) is 9.37 Å². The lowest BCUT2D eigenvalue weighted by Crippen LogP contribution is -2.25. The molecule has 0 radical (unpaired) electrons. The first-order chi connectivity index (χ1) is 23.6. The van der Waals surface area contributed by atoms with Crippen LogP contribution in [0.1, 0.15) is 65.9 Å². The van der Waals surface area contributed by atoms with E-state index in [-0.39, 0.29) is 5.75 Å². The molecule has 0 aliphatic heterocycles. The van der Waals surface area contributed by atoms with Gasteiger partial charge < -0.3 is 28.6 Å². The molecule has 0 fully saturated rings. The quantitative estimate of drug-likeness (QED) is 0.0682. The Hall–Kier alpha value is -3.83. The molecule has 0 atom stereocenters. The number of benzene rings is 3. The van der Waals surface area contributed by atoms with Crippen LogP contribution in [0, 0.1) is 5.82 Å². The van der Waals surface area contributed by atoms with Crippen LogP contribution in [0.5, 0.6) is 23.0 Å². The third kappa shape index (κ3) is 10.3. The zero-order valence-corrected chi connectivity index (χ0v) is 29.4. The number of hydrogen-bond acceptors (Lipinski definition) is 6. The van der Waals surface area contributed by atoms with Gasteiger partial charge in [-0.1, -0.05) is 41.0 Å². The average molecular weight is 687 g/mol. The minimum Gasteiger partial charge on any atom is -0.493 e. The number of aromatic nitrogens is 2. The summed E-state index contributed by atoms with van der Waals surface area (Å²) in [6.45, 7) is 18.5. The van der Waals surface area contributed by atoms with Gasteiger partial charge >= 0.3 is 6.18 Å². The molecule has 0 saturated carbocycles. The van der Waals surface area contributed by atoms with Crippen LogP contribution in [0.15, 0.2) is 54.6 Å². The van der Waals surface area contributed by atoms with Crippen LogP contribution in [-0.4, -0.2) is 71.8 Å². The van der Waals surface area contributed by atoms with E-state index < -0.39 is 17.6 Å². The summed E-state index contributed by atoms with van der Waals surface area (Å²) in [7, 11) is 0. The summed E-state index contributed by atoms with van der Waals surface area (Å²) < 4.78 is 74.0. The van der Waals surface area contributed by atoms with Crippen LogP contribution in [0.4, 0.5) is 17.6 Å². The molecule has 7 nitrogen and oxygen atoms in total. The van der Waals surface area contributed by atoms with Gasteiger partial charge in [0.05, 0.1) is 24.3 Å². The van der Waals surface area contributed by atoms with Crippen molar-refractivity contribution in [1.29, 1.82) is 0 Å². The molecule has 49 heavy (non-hydrogen) atoms. The second-order valence-electron chi connectivity index (χ2n) is 12.0. The summed E-state index contributed by atoms with van der Waals surface area (Å²) >= 11 is 0. The Balaban J connectivity index is 1.65. The average Bonchev–Trinajstić information content (AvgIpc) is 3.46. The molecule has 0 saturated heterocycles. The maximum absolute atomic E-state index is 13.8. The largest absolute Gasteiger partial charge is 0.493 e. The lowest BCUT2D eigenvalue weighted by molar-refractivity contribution is -0.140. The van der Waals surface area contributed by atoms with E-state index in [1.54, 1.807) is 12.1 Å². The number of halogens is 4. The van der Waals surface area contributed by atoms with Gasteiger partial charge in [0.15, 0.2) is 5.75 Å².